The van der Waals surface area contributed by atoms with Crippen LogP contribution in [0.2, 0.25) is 0 Å². The molecule has 0 amide bonds. The van der Waals surface area contributed by atoms with Gasteiger partial charge < -0.3 is 19.3 Å². The Hall–Kier alpha value is -4.58. The fraction of sp³-hybridized carbons (Fsp3) is 0.188. The van der Waals surface area contributed by atoms with Crippen LogP contribution >= 0.6 is 0 Å². The zero-order valence-corrected chi connectivity index (χ0v) is 21.7. The maximum absolute atomic E-state index is 11.5. The Morgan fingerprint density at radius 2 is 1.08 bits per heavy atom. The molecular formula is C32H32N2O4. The van der Waals surface area contributed by atoms with Crippen molar-refractivity contribution in [2.75, 3.05) is 36.1 Å². The molecule has 0 atom stereocenters. The molecule has 0 saturated heterocycles. The van der Waals surface area contributed by atoms with Gasteiger partial charge in [0.25, 0.3) is 0 Å². The minimum Gasteiger partial charge on any atom is -0.463 e. The van der Waals surface area contributed by atoms with E-state index in [0.717, 1.165) is 35.6 Å². The molecule has 38 heavy (non-hydrogen) atoms. The maximum Gasteiger partial charge on any atom is 0.330 e. The van der Waals surface area contributed by atoms with Crippen LogP contribution in [0.15, 0.2) is 109 Å². The number of nitrogens with zero attached hydrogens (tertiary/aromatic N) is 2. The van der Waals surface area contributed by atoms with Crippen LogP contribution in [-0.4, -0.2) is 38.2 Å². The second-order valence-electron chi connectivity index (χ2n) is 8.61. The molecule has 194 valence electrons. The lowest BCUT2D eigenvalue weighted by molar-refractivity contribution is -0.138. The second-order valence-corrected chi connectivity index (χ2v) is 8.61. The predicted molar refractivity (Wildman–Crippen MR) is 153 cm³/mol. The van der Waals surface area contributed by atoms with Crippen LogP contribution in [-0.2, 0) is 19.1 Å². The van der Waals surface area contributed by atoms with Crippen LogP contribution in [0, 0.1) is 0 Å². The minimum absolute atomic E-state index is 0.333. The lowest BCUT2D eigenvalue weighted by atomic mass is 10.0. The van der Waals surface area contributed by atoms with Gasteiger partial charge in [0.05, 0.1) is 13.2 Å². The standard InChI is InChI=1S/C32H32N2O4/c1-3-37-31(35)15-9-25-5-11-29(12-6-25)33-21-17-27(18-22-33)28-19-23-34(24-20-28)30-13-7-26(8-14-30)10-16-32(36)38-4-2/h5-21,23H,3-4,22,24H2,1-2H3/b15-9+,16-10+. The summed E-state index contributed by atoms with van der Waals surface area (Å²) in [4.78, 5) is 27.3. The number of esters is 2. The van der Waals surface area contributed by atoms with Crippen LogP contribution in [0.4, 0.5) is 11.4 Å². The molecule has 0 aromatic heterocycles. The summed E-state index contributed by atoms with van der Waals surface area (Å²) < 4.78 is 9.84. The molecule has 0 radical (unpaired) electrons. The Labute approximate surface area is 224 Å². The first kappa shape index (κ1) is 26.5. The number of carbonyl (C=O) groups excluding carboxylic acids is 2. The van der Waals surface area contributed by atoms with Crippen LogP contribution in [0.5, 0.6) is 0 Å². The van der Waals surface area contributed by atoms with E-state index in [1.54, 1.807) is 26.0 Å². The van der Waals surface area contributed by atoms with Crippen molar-refractivity contribution < 1.29 is 19.1 Å². The summed E-state index contributed by atoms with van der Waals surface area (Å²) in [6.45, 7) is 5.88. The number of anilines is 2. The molecule has 0 fully saturated rings. The summed E-state index contributed by atoms with van der Waals surface area (Å²) in [5.74, 6) is -0.666. The lowest BCUT2D eigenvalue weighted by Crippen LogP contribution is -2.21. The first-order chi connectivity index (χ1) is 18.6. The van der Waals surface area contributed by atoms with Gasteiger partial charge in [-0.3, -0.25) is 0 Å². The zero-order chi connectivity index (χ0) is 26.7. The van der Waals surface area contributed by atoms with E-state index in [0.29, 0.717) is 13.2 Å². The Kier molecular flexibility index (Phi) is 9.13. The number of carbonyl (C=O) groups is 2. The van der Waals surface area contributed by atoms with E-state index >= 15 is 0 Å². The van der Waals surface area contributed by atoms with Gasteiger partial charge in [-0.25, -0.2) is 9.59 Å². The number of rotatable bonds is 9. The van der Waals surface area contributed by atoms with Crippen molar-refractivity contribution in [2.45, 2.75) is 13.8 Å². The second kappa shape index (κ2) is 13.1. The normalized spacial score (nSPS) is 15.1. The van der Waals surface area contributed by atoms with Crippen LogP contribution in [0.1, 0.15) is 25.0 Å². The van der Waals surface area contributed by atoms with Crippen molar-refractivity contribution in [1.82, 2.24) is 0 Å². The van der Waals surface area contributed by atoms with Crippen molar-refractivity contribution in [3.8, 4) is 0 Å². The molecule has 0 unspecified atom stereocenters. The van der Waals surface area contributed by atoms with Gasteiger partial charge in [0.2, 0.25) is 0 Å². The maximum atomic E-state index is 11.5. The van der Waals surface area contributed by atoms with E-state index in [1.807, 2.05) is 48.5 Å². The van der Waals surface area contributed by atoms with Crippen molar-refractivity contribution in [3.05, 3.63) is 120 Å². The van der Waals surface area contributed by atoms with E-state index in [9.17, 15) is 9.59 Å². The van der Waals surface area contributed by atoms with Gasteiger partial charge in [-0.1, -0.05) is 36.4 Å². The van der Waals surface area contributed by atoms with Crippen molar-refractivity contribution in [3.63, 3.8) is 0 Å². The molecule has 2 aliphatic heterocycles. The van der Waals surface area contributed by atoms with E-state index in [4.69, 9.17) is 9.47 Å². The summed E-state index contributed by atoms with van der Waals surface area (Å²) in [6, 6.07) is 16.1. The fourth-order valence-corrected chi connectivity index (χ4v) is 4.07. The summed E-state index contributed by atoms with van der Waals surface area (Å²) >= 11 is 0. The third kappa shape index (κ3) is 7.23. The molecule has 0 bridgehead atoms. The molecule has 2 heterocycles. The Bertz CT molecular complexity index is 1210. The van der Waals surface area contributed by atoms with Gasteiger partial charge in [0.15, 0.2) is 0 Å². The van der Waals surface area contributed by atoms with Crippen LogP contribution in [0.3, 0.4) is 0 Å². The van der Waals surface area contributed by atoms with Crippen molar-refractivity contribution in [1.29, 1.82) is 0 Å². The first-order valence-corrected chi connectivity index (χ1v) is 12.8. The SMILES string of the molecule is CCOC(=O)/C=C/c1ccc(N2C=CC(C3=CCN(c4ccc(/C=C/C(=O)OCC)cc4)C=C3)=CC2)cc1. The Morgan fingerprint density at radius 3 is 1.39 bits per heavy atom. The number of benzene rings is 2. The number of hydrogen-bond acceptors (Lipinski definition) is 6. The van der Waals surface area contributed by atoms with Gasteiger partial charge in [-0.15, -0.1) is 0 Å². The minimum atomic E-state index is -0.333. The smallest absolute Gasteiger partial charge is 0.330 e. The van der Waals surface area contributed by atoms with Gasteiger partial charge >= 0.3 is 11.9 Å². The highest BCUT2D eigenvalue weighted by molar-refractivity contribution is 5.87. The van der Waals surface area contributed by atoms with E-state index in [1.165, 1.54) is 23.3 Å². The summed E-state index contributed by atoms with van der Waals surface area (Å²) in [6.07, 6.45) is 19.3. The highest BCUT2D eigenvalue weighted by Gasteiger charge is 2.12. The largest absolute Gasteiger partial charge is 0.463 e. The van der Waals surface area contributed by atoms with Gasteiger partial charge in [0, 0.05) is 49.0 Å². The quantitative estimate of drug-likeness (QED) is 0.303. The van der Waals surface area contributed by atoms with E-state index in [2.05, 4.69) is 46.5 Å². The topological polar surface area (TPSA) is 59.1 Å². The monoisotopic (exact) mass is 508 g/mol. The number of ether oxygens (including phenoxy) is 2. The lowest BCUT2D eigenvalue weighted by Gasteiger charge is -2.26. The average Bonchev–Trinajstić information content (AvgIpc) is 2.96. The molecule has 6 heteroatoms. The molecule has 2 aromatic carbocycles. The number of allylic oxidation sites excluding steroid dienone is 4. The van der Waals surface area contributed by atoms with Gasteiger partial charge in [-0.2, -0.15) is 0 Å². The van der Waals surface area contributed by atoms with Crippen LogP contribution < -0.4 is 9.80 Å². The summed E-state index contributed by atoms with van der Waals surface area (Å²) in [7, 11) is 0. The van der Waals surface area contributed by atoms with E-state index in [-0.39, 0.29) is 11.9 Å². The van der Waals surface area contributed by atoms with Crippen molar-refractivity contribution >= 4 is 35.5 Å². The predicted octanol–water partition coefficient (Wildman–Crippen LogP) is 6.06. The molecule has 0 spiro atoms. The van der Waals surface area contributed by atoms with Crippen LogP contribution in [0.25, 0.3) is 12.2 Å². The van der Waals surface area contributed by atoms with E-state index < -0.39 is 0 Å². The summed E-state index contributed by atoms with van der Waals surface area (Å²) in [5.41, 5.74) is 6.47. The molecule has 0 N–H and O–H groups in total. The number of hydrogen-bond donors (Lipinski definition) is 0. The fourth-order valence-electron chi connectivity index (χ4n) is 4.07. The molecule has 4 rings (SSSR count). The highest BCUT2D eigenvalue weighted by Crippen LogP contribution is 2.26. The molecule has 2 aromatic rings. The molecule has 0 aliphatic carbocycles. The Morgan fingerprint density at radius 1 is 0.684 bits per heavy atom. The molecule has 6 nitrogen and oxygen atoms in total. The molecular weight excluding hydrogens is 476 g/mol. The average molecular weight is 509 g/mol. The first-order valence-electron chi connectivity index (χ1n) is 12.8. The third-order valence-corrected chi connectivity index (χ3v) is 6.06. The molecule has 2 aliphatic rings. The van der Waals surface area contributed by atoms with Crippen molar-refractivity contribution in [2.24, 2.45) is 0 Å². The van der Waals surface area contributed by atoms with Gasteiger partial charge in [0.1, 0.15) is 0 Å². The third-order valence-electron chi connectivity index (χ3n) is 6.06. The zero-order valence-electron chi connectivity index (χ0n) is 21.7. The molecule has 0 saturated carbocycles. The Balaban J connectivity index is 1.30. The van der Waals surface area contributed by atoms with Gasteiger partial charge in [-0.05, 0) is 84.7 Å². The summed E-state index contributed by atoms with van der Waals surface area (Å²) in [5, 5.41) is 0. The highest BCUT2D eigenvalue weighted by atomic mass is 16.5.